The topological polar surface area (TPSA) is 106 Å². The van der Waals surface area contributed by atoms with E-state index in [1.165, 1.54) is 18.1 Å². The molecule has 1 unspecified atom stereocenters. The lowest BCUT2D eigenvalue weighted by atomic mass is 9.93. The molecule has 2 aromatic carbocycles. The van der Waals surface area contributed by atoms with Crippen LogP contribution in [-0.4, -0.2) is 60.8 Å². The Morgan fingerprint density at radius 2 is 1.86 bits per heavy atom. The lowest BCUT2D eigenvalue weighted by Crippen LogP contribution is -2.31. The van der Waals surface area contributed by atoms with E-state index in [0.717, 1.165) is 0 Å². The van der Waals surface area contributed by atoms with E-state index in [1.54, 1.807) is 37.4 Å². The van der Waals surface area contributed by atoms with E-state index in [0.29, 0.717) is 48.0 Å². The number of aryl methyl sites for hydroxylation is 1. The summed E-state index contributed by atoms with van der Waals surface area (Å²) < 4.78 is 16.1. The number of aliphatic hydroxyl groups is 1. The Morgan fingerprint density at radius 1 is 1.11 bits per heavy atom. The fraction of sp³-hybridized carbons (Fsp3) is 0.407. The maximum atomic E-state index is 13.2. The molecule has 0 aliphatic carbocycles. The Kier molecular flexibility index (Phi) is 8.40. The number of methoxy groups -OCH3 is 2. The van der Waals surface area contributed by atoms with Gasteiger partial charge in [-0.1, -0.05) is 19.9 Å². The van der Waals surface area contributed by atoms with Crippen LogP contribution in [0.15, 0.2) is 42.0 Å². The van der Waals surface area contributed by atoms with Crippen molar-refractivity contribution in [2.75, 3.05) is 34.0 Å². The van der Waals surface area contributed by atoms with Gasteiger partial charge < -0.3 is 29.3 Å². The first-order chi connectivity index (χ1) is 16.7. The lowest BCUT2D eigenvalue weighted by molar-refractivity contribution is -0.140. The minimum atomic E-state index is -0.849. The van der Waals surface area contributed by atoms with E-state index in [9.17, 15) is 19.8 Å². The minimum absolute atomic E-state index is 0.0147. The molecule has 1 atom stereocenters. The molecule has 2 N–H and O–H groups in total. The number of amides is 1. The number of ether oxygens (including phenoxy) is 3. The molecule has 1 aliphatic rings. The van der Waals surface area contributed by atoms with Gasteiger partial charge in [0.25, 0.3) is 11.7 Å². The Hall–Kier alpha value is -3.52. The van der Waals surface area contributed by atoms with Crippen LogP contribution in [0.4, 0.5) is 0 Å². The number of hydrogen-bond donors (Lipinski definition) is 2. The zero-order valence-electron chi connectivity index (χ0n) is 20.8. The maximum absolute atomic E-state index is 13.2. The molecule has 0 spiro atoms. The summed E-state index contributed by atoms with van der Waals surface area (Å²) >= 11 is 0. The summed E-state index contributed by atoms with van der Waals surface area (Å²) in [4.78, 5) is 27.6. The van der Waals surface area contributed by atoms with Crippen molar-refractivity contribution in [3.63, 3.8) is 0 Å². The molecule has 1 fully saturated rings. The van der Waals surface area contributed by atoms with Crippen LogP contribution in [0, 0.1) is 12.8 Å². The van der Waals surface area contributed by atoms with E-state index in [2.05, 4.69) is 13.8 Å². The summed E-state index contributed by atoms with van der Waals surface area (Å²) in [7, 11) is 2.98. The Balaban J connectivity index is 2.11. The largest absolute Gasteiger partial charge is 0.507 e. The monoisotopic (exact) mass is 483 g/mol. The van der Waals surface area contributed by atoms with Gasteiger partial charge in [-0.3, -0.25) is 9.59 Å². The molecule has 2 aromatic rings. The van der Waals surface area contributed by atoms with Crippen LogP contribution in [-0.2, 0) is 14.3 Å². The minimum Gasteiger partial charge on any atom is -0.507 e. The third kappa shape index (κ3) is 5.59. The van der Waals surface area contributed by atoms with Crippen molar-refractivity contribution in [3.8, 4) is 17.2 Å². The summed E-state index contributed by atoms with van der Waals surface area (Å²) in [5, 5.41) is 21.4. The molecule has 8 nitrogen and oxygen atoms in total. The second-order valence-corrected chi connectivity index (χ2v) is 8.95. The number of carbonyl (C=O) groups excluding carboxylic acids is 2. The van der Waals surface area contributed by atoms with Crippen molar-refractivity contribution in [1.82, 2.24) is 4.90 Å². The maximum Gasteiger partial charge on any atom is 0.295 e. The Bertz CT molecular complexity index is 1120. The first kappa shape index (κ1) is 26.1. The number of carbonyl (C=O) groups is 2. The van der Waals surface area contributed by atoms with Gasteiger partial charge in [0, 0.05) is 25.8 Å². The molecule has 0 radical (unpaired) electrons. The number of ketones is 1. The van der Waals surface area contributed by atoms with Gasteiger partial charge in [0.1, 0.15) is 11.5 Å². The van der Waals surface area contributed by atoms with Crippen molar-refractivity contribution >= 4 is 17.4 Å². The standard InChI is InChI=1S/C27H33NO7/c1-16(2)15-35-19-8-9-20(17(3)13-19)25(30)23-24(18-7-10-21(29)22(14-18)34-5)28(11-6-12-33-4)27(32)26(23)31/h7-10,13-14,16,24,29-30H,6,11-12,15H2,1-5H3/b25-23+. The first-order valence-electron chi connectivity index (χ1n) is 11.6. The van der Waals surface area contributed by atoms with E-state index in [-0.39, 0.29) is 29.4 Å². The van der Waals surface area contributed by atoms with Crippen molar-refractivity contribution < 1.29 is 34.0 Å². The van der Waals surface area contributed by atoms with Gasteiger partial charge in [-0.25, -0.2) is 0 Å². The quantitative estimate of drug-likeness (QED) is 0.226. The van der Waals surface area contributed by atoms with Crippen LogP contribution in [0.1, 0.15) is 43.0 Å². The van der Waals surface area contributed by atoms with Crippen LogP contribution < -0.4 is 9.47 Å². The SMILES string of the molecule is COCCCN1C(=O)C(=O)/C(=C(/O)c2ccc(OCC(C)C)cc2C)C1c1ccc(O)c(OC)c1. The molecular formula is C27H33NO7. The number of Topliss-reactive ketones (excluding diaryl/α,β-unsaturated/α-hetero) is 1. The molecule has 0 bridgehead atoms. The van der Waals surface area contributed by atoms with Crippen molar-refractivity contribution in [2.45, 2.75) is 33.2 Å². The number of nitrogens with zero attached hydrogens (tertiary/aromatic N) is 1. The Labute approximate surface area is 205 Å². The van der Waals surface area contributed by atoms with Gasteiger partial charge in [0.15, 0.2) is 11.5 Å². The summed E-state index contributed by atoms with van der Waals surface area (Å²) in [6.07, 6.45) is 0.510. The van der Waals surface area contributed by atoms with Gasteiger partial charge in [-0.05, 0) is 60.7 Å². The average Bonchev–Trinajstić information content (AvgIpc) is 3.08. The smallest absolute Gasteiger partial charge is 0.295 e. The highest BCUT2D eigenvalue weighted by atomic mass is 16.5. The summed E-state index contributed by atoms with van der Waals surface area (Å²) in [6, 6.07) is 8.99. The number of phenols is 1. The number of rotatable bonds is 10. The molecule has 1 aliphatic heterocycles. The van der Waals surface area contributed by atoms with Gasteiger partial charge in [-0.15, -0.1) is 0 Å². The second-order valence-electron chi connectivity index (χ2n) is 8.95. The molecule has 8 heteroatoms. The number of aliphatic hydroxyl groups excluding tert-OH is 1. The zero-order valence-corrected chi connectivity index (χ0v) is 20.8. The van der Waals surface area contributed by atoms with Crippen LogP contribution in [0.2, 0.25) is 0 Å². The molecule has 188 valence electrons. The molecule has 1 amide bonds. The molecule has 3 rings (SSSR count). The van der Waals surface area contributed by atoms with Crippen LogP contribution >= 0.6 is 0 Å². The molecular weight excluding hydrogens is 450 g/mol. The second kappa shape index (κ2) is 11.3. The molecule has 1 saturated heterocycles. The number of benzene rings is 2. The summed E-state index contributed by atoms with van der Waals surface area (Å²) in [6.45, 7) is 7.13. The van der Waals surface area contributed by atoms with Crippen LogP contribution in [0.3, 0.4) is 0 Å². The van der Waals surface area contributed by atoms with E-state index >= 15 is 0 Å². The highest BCUT2D eigenvalue weighted by molar-refractivity contribution is 6.46. The average molecular weight is 484 g/mol. The zero-order chi connectivity index (χ0) is 25.7. The normalized spacial score (nSPS) is 17.3. The molecule has 1 heterocycles. The third-order valence-corrected chi connectivity index (χ3v) is 5.84. The molecule has 35 heavy (non-hydrogen) atoms. The van der Waals surface area contributed by atoms with Crippen LogP contribution in [0.25, 0.3) is 5.76 Å². The van der Waals surface area contributed by atoms with Crippen LogP contribution in [0.5, 0.6) is 17.2 Å². The summed E-state index contributed by atoms with van der Waals surface area (Å²) in [5.41, 5.74) is 1.66. The van der Waals surface area contributed by atoms with Crippen molar-refractivity contribution in [1.29, 1.82) is 0 Å². The molecule has 0 aromatic heterocycles. The fourth-order valence-corrected chi connectivity index (χ4v) is 4.10. The summed E-state index contributed by atoms with van der Waals surface area (Å²) in [5.74, 6) is -0.575. The van der Waals surface area contributed by atoms with Gasteiger partial charge >= 0.3 is 0 Å². The Morgan fingerprint density at radius 3 is 2.49 bits per heavy atom. The third-order valence-electron chi connectivity index (χ3n) is 5.84. The predicted molar refractivity (Wildman–Crippen MR) is 132 cm³/mol. The van der Waals surface area contributed by atoms with E-state index in [1.807, 2.05) is 6.92 Å². The van der Waals surface area contributed by atoms with E-state index in [4.69, 9.17) is 14.2 Å². The number of phenolic OH excluding ortho intramolecular Hbond substituents is 1. The highest BCUT2D eigenvalue weighted by Gasteiger charge is 2.46. The fourth-order valence-electron chi connectivity index (χ4n) is 4.10. The highest BCUT2D eigenvalue weighted by Crippen LogP contribution is 2.42. The van der Waals surface area contributed by atoms with Crippen molar-refractivity contribution in [2.24, 2.45) is 5.92 Å². The van der Waals surface area contributed by atoms with Gasteiger partial charge in [0.2, 0.25) is 0 Å². The number of likely N-dealkylation sites (tertiary alicyclic amines) is 1. The molecule has 0 saturated carbocycles. The predicted octanol–water partition coefficient (Wildman–Crippen LogP) is 4.20. The number of hydrogen-bond acceptors (Lipinski definition) is 7. The lowest BCUT2D eigenvalue weighted by Gasteiger charge is -2.26. The number of aromatic hydroxyl groups is 1. The van der Waals surface area contributed by atoms with Crippen molar-refractivity contribution in [3.05, 3.63) is 58.7 Å². The first-order valence-corrected chi connectivity index (χ1v) is 11.6. The van der Waals surface area contributed by atoms with Gasteiger partial charge in [0.05, 0.1) is 25.3 Å². The van der Waals surface area contributed by atoms with Gasteiger partial charge in [-0.2, -0.15) is 0 Å². The van der Waals surface area contributed by atoms with E-state index < -0.39 is 17.7 Å².